The summed E-state index contributed by atoms with van der Waals surface area (Å²) < 4.78 is 5.39. The largest absolute Gasteiger partial charge is 0.381 e. The summed E-state index contributed by atoms with van der Waals surface area (Å²) in [5.41, 5.74) is 2.41. The van der Waals surface area contributed by atoms with Gasteiger partial charge in [0.2, 0.25) is 5.91 Å². The van der Waals surface area contributed by atoms with Crippen LogP contribution in [-0.2, 0) is 9.53 Å². The standard InChI is InChI=1S/C15H20N2O2/c1-11-2-4-12(5-3-11)15-16-10-14(18)17(15)13-6-8-19-9-7-13/h2-5,13,15-16H,6-10H2,1H3. The monoisotopic (exact) mass is 260 g/mol. The first-order valence-corrected chi connectivity index (χ1v) is 6.94. The van der Waals surface area contributed by atoms with E-state index in [0.29, 0.717) is 12.6 Å². The quantitative estimate of drug-likeness (QED) is 0.878. The molecule has 1 amide bonds. The SMILES string of the molecule is Cc1ccc(C2NCC(=O)N2C2CCOCC2)cc1. The van der Waals surface area contributed by atoms with Crippen molar-refractivity contribution in [1.29, 1.82) is 0 Å². The van der Waals surface area contributed by atoms with Gasteiger partial charge in [0, 0.05) is 19.3 Å². The van der Waals surface area contributed by atoms with Gasteiger partial charge in [-0.05, 0) is 25.3 Å². The lowest BCUT2D eigenvalue weighted by molar-refractivity contribution is -0.132. The maximum atomic E-state index is 12.1. The highest BCUT2D eigenvalue weighted by Crippen LogP contribution is 2.28. The Morgan fingerprint density at radius 3 is 2.58 bits per heavy atom. The number of nitrogens with zero attached hydrogens (tertiary/aromatic N) is 1. The molecule has 1 aromatic carbocycles. The van der Waals surface area contributed by atoms with Crippen LogP contribution in [0, 0.1) is 6.92 Å². The number of amides is 1. The average molecular weight is 260 g/mol. The summed E-state index contributed by atoms with van der Waals surface area (Å²) in [6.45, 7) is 4.04. The maximum absolute atomic E-state index is 12.1. The minimum absolute atomic E-state index is 0.0243. The molecule has 1 atom stereocenters. The fourth-order valence-electron chi connectivity index (χ4n) is 2.92. The van der Waals surface area contributed by atoms with Crippen LogP contribution in [0.1, 0.15) is 30.1 Å². The zero-order chi connectivity index (χ0) is 13.2. The van der Waals surface area contributed by atoms with Gasteiger partial charge in [-0.3, -0.25) is 10.1 Å². The van der Waals surface area contributed by atoms with Crippen LogP contribution in [0.5, 0.6) is 0 Å². The fraction of sp³-hybridized carbons (Fsp3) is 0.533. The topological polar surface area (TPSA) is 41.6 Å². The fourth-order valence-corrected chi connectivity index (χ4v) is 2.92. The number of carbonyl (C=O) groups excluding carboxylic acids is 1. The van der Waals surface area contributed by atoms with Crippen LogP contribution in [-0.4, -0.2) is 36.6 Å². The summed E-state index contributed by atoms with van der Waals surface area (Å²) in [5.74, 6) is 0.206. The number of benzene rings is 1. The molecule has 1 unspecified atom stereocenters. The zero-order valence-corrected chi connectivity index (χ0v) is 11.3. The highest BCUT2D eigenvalue weighted by molar-refractivity contribution is 5.81. The van der Waals surface area contributed by atoms with E-state index in [1.54, 1.807) is 0 Å². The molecule has 4 heteroatoms. The molecule has 0 bridgehead atoms. The normalized spacial score (nSPS) is 25.0. The van der Waals surface area contributed by atoms with Crippen LogP contribution in [0.4, 0.5) is 0 Å². The minimum atomic E-state index is 0.0243. The smallest absolute Gasteiger partial charge is 0.238 e. The Balaban J connectivity index is 1.83. The van der Waals surface area contributed by atoms with Crippen molar-refractivity contribution < 1.29 is 9.53 Å². The first-order valence-electron chi connectivity index (χ1n) is 6.94. The van der Waals surface area contributed by atoms with Gasteiger partial charge in [0.1, 0.15) is 6.17 Å². The Kier molecular flexibility index (Phi) is 3.53. The van der Waals surface area contributed by atoms with E-state index in [2.05, 4.69) is 36.5 Å². The van der Waals surface area contributed by atoms with Gasteiger partial charge in [-0.15, -0.1) is 0 Å². The highest BCUT2D eigenvalue weighted by Gasteiger charge is 2.37. The number of carbonyl (C=O) groups is 1. The Morgan fingerprint density at radius 1 is 1.21 bits per heavy atom. The van der Waals surface area contributed by atoms with Crippen molar-refractivity contribution in [3.8, 4) is 0 Å². The molecular weight excluding hydrogens is 240 g/mol. The van der Waals surface area contributed by atoms with Crippen molar-refractivity contribution >= 4 is 5.91 Å². The van der Waals surface area contributed by atoms with Crippen LogP contribution < -0.4 is 5.32 Å². The molecule has 0 aromatic heterocycles. The number of rotatable bonds is 2. The first kappa shape index (κ1) is 12.6. The number of nitrogens with one attached hydrogen (secondary N) is 1. The van der Waals surface area contributed by atoms with Gasteiger partial charge >= 0.3 is 0 Å². The van der Waals surface area contributed by atoms with E-state index in [-0.39, 0.29) is 12.1 Å². The molecule has 3 rings (SSSR count). The number of aryl methyl sites for hydroxylation is 1. The van der Waals surface area contributed by atoms with Crippen molar-refractivity contribution in [2.75, 3.05) is 19.8 Å². The van der Waals surface area contributed by atoms with Crippen molar-refractivity contribution in [3.05, 3.63) is 35.4 Å². The summed E-state index contributed by atoms with van der Waals surface area (Å²) in [7, 11) is 0. The molecule has 1 N–H and O–H groups in total. The maximum Gasteiger partial charge on any atom is 0.238 e. The Bertz CT molecular complexity index is 452. The van der Waals surface area contributed by atoms with E-state index in [1.165, 1.54) is 11.1 Å². The van der Waals surface area contributed by atoms with Gasteiger partial charge in [-0.25, -0.2) is 0 Å². The molecule has 2 aliphatic heterocycles. The second-order valence-corrected chi connectivity index (χ2v) is 5.34. The van der Waals surface area contributed by atoms with Crippen LogP contribution in [0.3, 0.4) is 0 Å². The summed E-state index contributed by atoms with van der Waals surface area (Å²) >= 11 is 0. The Labute approximate surface area is 113 Å². The highest BCUT2D eigenvalue weighted by atomic mass is 16.5. The third-order valence-corrected chi connectivity index (χ3v) is 3.99. The lowest BCUT2D eigenvalue weighted by Crippen LogP contribution is -2.42. The lowest BCUT2D eigenvalue weighted by Gasteiger charge is -2.35. The Hall–Kier alpha value is -1.39. The summed E-state index contributed by atoms with van der Waals surface area (Å²) in [5, 5.41) is 3.33. The molecule has 2 heterocycles. The Morgan fingerprint density at radius 2 is 1.89 bits per heavy atom. The average Bonchev–Trinajstić information content (AvgIpc) is 2.82. The second kappa shape index (κ2) is 5.31. The van der Waals surface area contributed by atoms with E-state index in [4.69, 9.17) is 4.74 Å². The third-order valence-electron chi connectivity index (χ3n) is 3.99. The molecule has 102 valence electrons. The van der Waals surface area contributed by atoms with Gasteiger partial charge < -0.3 is 9.64 Å². The molecule has 2 fully saturated rings. The molecule has 1 aromatic rings. The third kappa shape index (κ3) is 2.51. The van der Waals surface area contributed by atoms with Crippen LogP contribution in [0.15, 0.2) is 24.3 Å². The van der Waals surface area contributed by atoms with Gasteiger partial charge in [-0.2, -0.15) is 0 Å². The van der Waals surface area contributed by atoms with Crippen LogP contribution in [0.25, 0.3) is 0 Å². The predicted octanol–water partition coefficient (Wildman–Crippen LogP) is 1.60. The van der Waals surface area contributed by atoms with Gasteiger partial charge in [0.05, 0.1) is 6.54 Å². The zero-order valence-electron chi connectivity index (χ0n) is 11.3. The van der Waals surface area contributed by atoms with Gasteiger partial charge in [0.25, 0.3) is 0 Å². The van der Waals surface area contributed by atoms with Crippen LogP contribution in [0.2, 0.25) is 0 Å². The predicted molar refractivity (Wildman–Crippen MR) is 72.6 cm³/mol. The first-order chi connectivity index (χ1) is 9.25. The number of ether oxygens (including phenoxy) is 1. The van der Waals surface area contributed by atoms with Crippen molar-refractivity contribution in [2.24, 2.45) is 0 Å². The van der Waals surface area contributed by atoms with Gasteiger partial charge in [0.15, 0.2) is 0 Å². The molecule has 2 saturated heterocycles. The van der Waals surface area contributed by atoms with E-state index in [1.807, 2.05) is 4.90 Å². The number of hydrogen-bond acceptors (Lipinski definition) is 3. The van der Waals surface area contributed by atoms with Crippen molar-refractivity contribution in [2.45, 2.75) is 32.0 Å². The van der Waals surface area contributed by atoms with E-state index in [0.717, 1.165) is 26.1 Å². The van der Waals surface area contributed by atoms with E-state index >= 15 is 0 Å². The van der Waals surface area contributed by atoms with E-state index in [9.17, 15) is 4.79 Å². The minimum Gasteiger partial charge on any atom is -0.381 e. The molecular formula is C15H20N2O2. The number of hydrogen-bond donors (Lipinski definition) is 1. The van der Waals surface area contributed by atoms with Gasteiger partial charge in [-0.1, -0.05) is 29.8 Å². The van der Waals surface area contributed by atoms with Crippen LogP contribution >= 0.6 is 0 Å². The molecule has 4 nitrogen and oxygen atoms in total. The molecule has 0 saturated carbocycles. The summed E-state index contributed by atoms with van der Waals surface area (Å²) in [6.07, 6.45) is 1.90. The van der Waals surface area contributed by atoms with Crippen molar-refractivity contribution in [1.82, 2.24) is 10.2 Å². The summed E-state index contributed by atoms with van der Waals surface area (Å²) in [4.78, 5) is 14.2. The van der Waals surface area contributed by atoms with E-state index < -0.39 is 0 Å². The molecule has 0 radical (unpaired) electrons. The molecule has 2 aliphatic rings. The lowest BCUT2D eigenvalue weighted by atomic mass is 10.0. The molecule has 0 spiro atoms. The second-order valence-electron chi connectivity index (χ2n) is 5.34. The summed E-state index contributed by atoms with van der Waals surface area (Å²) in [6, 6.07) is 8.72. The molecule has 19 heavy (non-hydrogen) atoms. The molecule has 0 aliphatic carbocycles. The van der Waals surface area contributed by atoms with Crippen molar-refractivity contribution in [3.63, 3.8) is 0 Å².